The van der Waals surface area contributed by atoms with E-state index in [0.717, 1.165) is 36.8 Å². The fourth-order valence-corrected chi connectivity index (χ4v) is 10.1. The maximum Gasteiger partial charge on any atom is 0.407 e. The lowest BCUT2D eigenvalue weighted by molar-refractivity contribution is -0.137. The Bertz CT molecular complexity index is 1560. The van der Waals surface area contributed by atoms with Crippen molar-refractivity contribution in [3.05, 3.63) is 71.1 Å². The molecule has 0 spiro atoms. The molecule has 7 nitrogen and oxygen atoms in total. The summed E-state index contributed by atoms with van der Waals surface area (Å²) in [6.07, 6.45) is 37.6. The molecule has 0 radical (unpaired) electrons. The first kappa shape index (κ1) is 52.2. The standard InChI is InChI=1S/C53H85NO6S/c1-45(2)43-46(54-53(57)60-44-51-49-37-32-30-35-47(49)48-36-31-33-38-50(48)51)40-42-61(58,59)41-34-28-26-24-22-20-18-16-14-12-10-8-6-4-3-5-7-9-11-13-15-17-19-21-23-25-27-29-39-52(55)56/h30-33,35-38,40,42,45-46,51H,3-29,34,39,41,43-44H2,1-2H3,(H,54,57)(H,55,56)/b42-40+/t46-/m1/s1. The lowest BCUT2D eigenvalue weighted by Gasteiger charge is -2.19. The molecule has 0 aromatic heterocycles. The molecule has 3 rings (SSSR count). The van der Waals surface area contributed by atoms with E-state index in [-0.39, 0.29) is 24.2 Å². The third-order valence-corrected chi connectivity index (χ3v) is 13.9. The Labute approximate surface area is 372 Å². The molecule has 0 bridgehead atoms. The predicted molar refractivity (Wildman–Crippen MR) is 256 cm³/mol. The molecule has 61 heavy (non-hydrogen) atoms. The van der Waals surface area contributed by atoms with Gasteiger partial charge in [-0.05, 0) is 47.4 Å². The summed E-state index contributed by atoms with van der Waals surface area (Å²) in [6.45, 7) is 4.35. The van der Waals surface area contributed by atoms with Gasteiger partial charge in [-0.1, -0.05) is 235 Å². The van der Waals surface area contributed by atoms with Crippen molar-refractivity contribution in [2.75, 3.05) is 12.4 Å². The van der Waals surface area contributed by atoms with Gasteiger partial charge in [0.05, 0.1) is 11.8 Å². The molecule has 8 heteroatoms. The number of fused-ring (bicyclic) bond motifs is 3. The van der Waals surface area contributed by atoms with E-state index in [1.165, 1.54) is 164 Å². The molecule has 1 amide bonds. The van der Waals surface area contributed by atoms with Gasteiger partial charge in [0.25, 0.3) is 0 Å². The van der Waals surface area contributed by atoms with Crippen molar-refractivity contribution < 1.29 is 27.9 Å². The Balaban J connectivity index is 1.09. The first-order valence-electron chi connectivity index (χ1n) is 24.9. The van der Waals surface area contributed by atoms with Crippen molar-refractivity contribution in [3.63, 3.8) is 0 Å². The first-order valence-corrected chi connectivity index (χ1v) is 26.6. The molecule has 1 aliphatic carbocycles. The maximum atomic E-state index is 12.9. The van der Waals surface area contributed by atoms with Crippen LogP contribution in [-0.2, 0) is 19.4 Å². The first-order chi connectivity index (χ1) is 29.7. The minimum atomic E-state index is -3.35. The molecular weight excluding hydrogens is 779 g/mol. The van der Waals surface area contributed by atoms with Crippen LogP contribution in [0.3, 0.4) is 0 Å². The zero-order chi connectivity index (χ0) is 43.8. The van der Waals surface area contributed by atoms with Crippen LogP contribution in [0.15, 0.2) is 60.0 Å². The van der Waals surface area contributed by atoms with Gasteiger partial charge in [-0.3, -0.25) is 4.79 Å². The van der Waals surface area contributed by atoms with Crippen molar-refractivity contribution in [2.24, 2.45) is 5.92 Å². The van der Waals surface area contributed by atoms with Crippen LogP contribution in [0.1, 0.15) is 224 Å². The largest absolute Gasteiger partial charge is 0.481 e. The Morgan fingerprint density at radius 1 is 0.590 bits per heavy atom. The molecular formula is C53H85NO6S. The number of amides is 1. The summed E-state index contributed by atoms with van der Waals surface area (Å²) >= 11 is 0. The second kappa shape index (κ2) is 32.5. The van der Waals surface area contributed by atoms with E-state index in [2.05, 4.69) is 43.4 Å². The van der Waals surface area contributed by atoms with Crippen LogP contribution in [0.25, 0.3) is 11.1 Å². The number of alkyl carbamates (subject to hydrolysis) is 1. The molecule has 2 aromatic carbocycles. The predicted octanol–water partition coefficient (Wildman–Crippen LogP) is 15.3. The highest BCUT2D eigenvalue weighted by Crippen LogP contribution is 2.44. The quantitative estimate of drug-likeness (QED) is 0.0651. The number of carbonyl (C=O) groups excluding carboxylic acids is 1. The second-order valence-corrected chi connectivity index (χ2v) is 20.5. The van der Waals surface area contributed by atoms with E-state index in [9.17, 15) is 18.0 Å². The van der Waals surface area contributed by atoms with Crippen molar-refractivity contribution in [2.45, 2.75) is 218 Å². The number of unbranched alkanes of at least 4 members (excludes halogenated alkanes) is 27. The highest BCUT2D eigenvalue weighted by atomic mass is 32.2. The topological polar surface area (TPSA) is 110 Å². The fourth-order valence-electron chi connectivity index (χ4n) is 8.94. The number of benzene rings is 2. The summed E-state index contributed by atoms with van der Waals surface area (Å²) in [7, 11) is -3.35. The summed E-state index contributed by atoms with van der Waals surface area (Å²) < 4.78 is 31.5. The van der Waals surface area contributed by atoms with Crippen molar-refractivity contribution in [3.8, 4) is 11.1 Å². The normalized spacial score (nSPS) is 13.2. The van der Waals surface area contributed by atoms with Gasteiger partial charge in [-0.15, -0.1) is 0 Å². The van der Waals surface area contributed by atoms with Gasteiger partial charge in [0.15, 0.2) is 9.84 Å². The zero-order valence-corrected chi connectivity index (χ0v) is 39.3. The smallest absolute Gasteiger partial charge is 0.407 e. The van der Waals surface area contributed by atoms with Gasteiger partial charge in [0, 0.05) is 17.7 Å². The second-order valence-electron chi connectivity index (χ2n) is 18.4. The highest BCUT2D eigenvalue weighted by molar-refractivity contribution is 7.94. The van der Waals surface area contributed by atoms with Crippen LogP contribution in [0.5, 0.6) is 0 Å². The molecule has 0 fully saturated rings. The number of rotatable bonds is 38. The summed E-state index contributed by atoms with van der Waals surface area (Å²) in [5.41, 5.74) is 4.68. The Morgan fingerprint density at radius 3 is 1.33 bits per heavy atom. The summed E-state index contributed by atoms with van der Waals surface area (Å²) in [5, 5.41) is 12.9. The van der Waals surface area contributed by atoms with Crippen molar-refractivity contribution in [1.82, 2.24) is 5.32 Å². The lowest BCUT2D eigenvalue weighted by atomic mass is 9.98. The number of ether oxygens (including phenoxy) is 1. The SMILES string of the molecule is CC(C)C[C@@H](/C=C/S(=O)(=O)CCCCCCCCCCCCCCCCCCCCCCCCCCCCCCC(=O)O)NC(=O)OCC1c2ccccc2-c2ccccc21. The Kier molecular flexibility index (Phi) is 27.8. The van der Waals surface area contributed by atoms with Crippen LogP contribution < -0.4 is 5.32 Å². The van der Waals surface area contributed by atoms with Crippen LogP contribution in [0.2, 0.25) is 0 Å². The van der Waals surface area contributed by atoms with Gasteiger partial charge in [0.2, 0.25) is 0 Å². The summed E-state index contributed by atoms with van der Waals surface area (Å²) in [6, 6.07) is 16.1. The van der Waals surface area contributed by atoms with Crippen LogP contribution in [-0.4, -0.2) is 44.0 Å². The molecule has 2 aromatic rings. The third kappa shape index (κ3) is 24.3. The molecule has 0 heterocycles. The number of carboxylic acid groups (broad SMARTS) is 1. The van der Waals surface area contributed by atoms with Gasteiger partial charge in [-0.25, -0.2) is 13.2 Å². The van der Waals surface area contributed by atoms with Gasteiger partial charge in [0.1, 0.15) is 6.61 Å². The number of carbonyl (C=O) groups is 2. The minimum Gasteiger partial charge on any atom is -0.481 e. The van der Waals surface area contributed by atoms with Gasteiger partial charge in [-0.2, -0.15) is 0 Å². The van der Waals surface area contributed by atoms with Crippen LogP contribution >= 0.6 is 0 Å². The molecule has 0 unspecified atom stereocenters. The van der Waals surface area contributed by atoms with E-state index >= 15 is 0 Å². The zero-order valence-electron chi connectivity index (χ0n) is 38.5. The Hall–Kier alpha value is -3.13. The van der Waals surface area contributed by atoms with Crippen LogP contribution in [0, 0.1) is 5.92 Å². The monoisotopic (exact) mass is 864 g/mol. The number of sulfone groups is 1. The molecule has 0 saturated carbocycles. The average Bonchev–Trinajstić information content (AvgIpc) is 3.55. The number of hydrogen-bond donors (Lipinski definition) is 2. The molecule has 0 aliphatic heterocycles. The number of aliphatic carboxylic acids is 1. The van der Waals surface area contributed by atoms with Gasteiger partial charge < -0.3 is 15.2 Å². The number of hydrogen-bond acceptors (Lipinski definition) is 5. The van der Waals surface area contributed by atoms with Crippen LogP contribution in [0.4, 0.5) is 4.79 Å². The number of nitrogens with one attached hydrogen (secondary N) is 1. The molecule has 344 valence electrons. The average molecular weight is 864 g/mol. The van der Waals surface area contributed by atoms with Crippen molar-refractivity contribution >= 4 is 21.9 Å². The highest BCUT2D eigenvalue weighted by Gasteiger charge is 2.29. The van der Waals surface area contributed by atoms with E-state index in [0.29, 0.717) is 19.3 Å². The lowest BCUT2D eigenvalue weighted by Crippen LogP contribution is -2.35. The Morgan fingerprint density at radius 2 is 0.951 bits per heavy atom. The van der Waals surface area contributed by atoms with Gasteiger partial charge >= 0.3 is 12.1 Å². The summed E-state index contributed by atoms with van der Waals surface area (Å²) in [4.78, 5) is 23.5. The molecule has 0 saturated heterocycles. The summed E-state index contributed by atoms with van der Waals surface area (Å²) in [5.74, 6) is -0.267. The molecule has 1 aliphatic rings. The maximum absolute atomic E-state index is 12.9. The molecule has 2 N–H and O–H groups in total. The minimum absolute atomic E-state index is 0.0239. The van der Waals surface area contributed by atoms with E-state index in [4.69, 9.17) is 9.84 Å². The molecule has 1 atom stereocenters. The fraction of sp³-hybridized carbons (Fsp3) is 0.698. The van der Waals surface area contributed by atoms with E-state index in [1.807, 2.05) is 24.3 Å². The van der Waals surface area contributed by atoms with E-state index in [1.54, 1.807) is 6.08 Å². The third-order valence-electron chi connectivity index (χ3n) is 12.5. The van der Waals surface area contributed by atoms with E-state index < -0.39 is 27.9 Å². The number of carboxylic acids is 1. The van der Waals surface area contributed by atoms with Crippen molar-refractivity contribution in [1.29, 1.82) is 0 Å².